The van der Waals surface area contributed by atoms with E-state index in [1.807, 2.05) is 44.4 Å². The summed E-state index contributed by atoms with van der Waals surface area (Å²) in [5, 5.41) is 5.91. The van der Waals surface area contributed by atoms with Crippen molar-refractivity contribution >= 4 is 17.2 Å². The Balaban J connectivity index is 1.62. The van der Waals surface area contributed by atoms with Crippen molar-refractivity contribution in [3.05, 3.63) is 69.6 Å². The summed E-state index contributed by atoms with van der Waals surface area (Å²) in [7, 11) is 0. The second-order valence-corrected chi connectivity index (χ2v) is 6.88. The average molecular weight is 356 g/mol. The van der Waals surface area contributed by atoms with Crippen LogP contribution >= 0.6 is 11.3 Å². The van der Waals surface area contributed by atoms with Crippen molar-refractivity contribution in [3.63, 3.8) is 0 Å². The number of carbonyl (C=O) groups is 1. The largest absolute Gasteiger partial charge is 0.487 e. The Morgan fingerprint density at radius 3 is 2.84 bits per heavy atom. The molecule has 0 aliphatic heterocycles. The van der Waals surface area contributed by atoms with Gasteiger partial charge < -0.3 is 14.5 Å². The lowest BCUT2D eigenvalue weighted by molar-refractivity contribution is 0.0934. The van der Waals surface area contributed by atoms with Crippen molar-refractivity contribution in [3.8, 4) is 5.75 Å². The van der Waals surface area contributed by atoms with Gasteiger partial charge in [-0.25, -0.2) is 4.98 Å². The molecule has 0 bridgehead atoms. The number of hydrogen-bond donors (Lipinski definition) is 1. The van der Waals surface area contributed by atoms with Crippen LogP contribution in [0.1, 0.15) is 45.5 Å². The van der Waals surface area contributed by atoms with Crippen LogP contribution in [0.2, 0.25) is 0 Å². The SMILES string of the molecule is Cc1ccc(C(C)NC(=O)c2cccc(OCc3csc(C)n3)c2)o1. The monoisotopic (exact) mass is 356 g/mol. The average Bonchev–Trinajstić information content (AvgIpc) is 3.21. The molecule has 0 fully saturated rings. The zero-order chi connectivity index (χ0) is 17.8. The molecule has 1 unspecified atom stereocenters. The van der Waals surface area contributed by atoms with Crippen LogP contribution in [0, 0.1) is 13.8 Å². The van der Waals surface area contributed by atoms with E-state index in [2.05, 4.69) is 10.3 Å². The van der Waals surface area contributed by atoms with Crippen molar-refractivity contribution < 1.29 is 13.9 Å². The molecule has 0 saturated carbocycles. The predicted molar refractivity (Wildman–Crippen MR) is 97.0 cm³/mol. The number of rotatable bonds is 6. The lowest BCUT2D eigenvalue weighted by Gasteiger charge is -2.12. The molecule has 6 heteroatoms. The summed E-state index contributed by atoms with van der Waals surface area (Å²) in [6, 6.07) is 10.7. The highest BCUT2D eigenvalue weighted by atomic mass is 32.1. The van der Waals surface area contributed by atoms with E-state index in [9.17, 15) is 4.79 Å². The zero-order valence-electron chi connectivity index (χ0n) is 14.4. The number of benzene rings is 1. The summed E-state index contributed by atoms with van der Waals surface area (Å²) in [4.78, 5) is 16.8. The number of nitrogens with zero attached hydrogens (tertiary/aromatic N) is 1. The first-order valence-electron chi connectivity index (χ1n) is 8.02. The molecule has 3 rings (SSSR count). The van der Waals surface area contributed by atoms with E-state index < -0.39 is 0 Å². The first-order valence-corrected chi connectivity index (χ1v) is 8.90. The van der Waals surface area contributed by atoms with Crippen LogP contribution in [0.4, 0.5) is 0 Å². The molecule has 1 amide bonds. The second kappa shape index (κ2) is 7.53. The highest BCUT2D eigenvalue weighted by Crippen LogP contribution is 2.19. The number of hydrogen-bond acceptors (Lipinski definition) is 5. The molecule has 0 aliphatic rings. The molecule has 3 aromatic rings. The molecule has 0 radical (unpaired) electrons. The molecule has 0 aliphatic carbocycles. The van der Waals surface area contributed by atoms with E-state index in [4.69, 9.17) is 9.15 Å². The maximum atomic E-state index is 12.4. The van der Waals surface area contributed by atoms with Gasteiger partial charge in [0.15, 0.2) is 0 Å². The second-order valence-electron chi connectivity index (χ2n) is 5.82. The first kappa shape index (κ1) is 17.2. The third-order valence-electron chi connectivity index (χ3n) is 3.69. The number of amides is 1. The summed E-state index contributed by atoms with van der Waals surface area (Å²) in [6.45, 7) is 6.11. The Hall–Kier alpha value is -2.60. The van der Waals surface area contributed by atoms with E-state index in [-0.39, 0.29) is 11.9 Å². The number of aromatic nitrogens is 1. The molecule has 0 saturated heterocycles. The highest BCUT2D eigenvalue weighted by Gasteiger charge is 2.14. The standard InChI is InChI=1S/C19H20N2O3S/c1-12-7-8-18(24-12)13(2)20-19(22)15-5-4-6-17(9-15)23-10-16-11-25-14(3)21-16/h4-9,11,13H,10H2,1-3H3,(H,20,22). The maximum Gasteiger partial charge on any atom is 0.251 e. The maximum absolute atomic E-state index is 12.4. The van der Waals surface area contributed by atoms with Crippen LogP contribution in [0.5, 0.6) is 5.75 Å². The molecule has 1 N–H and O–H groups in total. The minimum absolute atomic E-state index is 0.170. The van der Waals surface area contributed by atoms with Crippen molar-refractivity contribution in [1.82, 2.24) is 10.3 Å². The number of aryl methyl sites for hydroxylation is 2. The summed E-state index contributed by atoms with van der Waals surface area (Å²) in [6.07, 6.45) is 0. The Kier molecular flexibility index (Phi) is 5.19. The van der Waals surface area contributed by atoms with Crippen LogP contribution in [0.3, 0.4) is 0 Å². The number of nitrogens with one attached hydrogen (secondary N) is 1. The molecule has 2 aromatic heterocycles. The smallest absolute Gasteiger partial charge is 0.251 e. The third kappa shape index (κ3) is 4.48. The number of thiazole rings is 1. The van der Waals surface area contributed by atoms with Gasteiger partial charge in [-0.2, -0.15) is 0 Å². The van der Waals surface area contributed by atoms with Gasteiger partial charge in [0.2, 0.25) is 0 Å². The van der Waals surface area contributed by atoms with E-state index in [1.54, 1.807) is 29.5 Å². The Morgan fingerprint density at radius 2 is 2.16 bits per heavy atom. The van der Waals surface area contributed by atoms with Gasteiger partial charge in [-0.15, -0.1) is 11.3 Å². The molecule has 130 valence electrons. The minimum atomic E-state index is -0.205. The quantitative estimate of drug-likeness (QED) is 0.710. The highest BCUT2D eigenvalue weighted by molar-refractivity contribution is 7.09. The molecule has 5 nitrogen and oxygen atoms in total. The number of ether oxygens (including phenoxy) is 1. The molecule has 1 aromatic carbocycles. The molecule has 25 heavy (non-hydrogen) atoms. The van der Waals surface area contributed by atoms with Gasteiger partial charge >= 0.3 is 0 Å². The third-order valence-corrected chi connectivity index (χ3v) is 4.51. The van der Waals surface area contributed by atoms with Gasteiger partial charge in [-0.05, 0) is 51.1 Å². The van der Waals surface area contributed by atoms with E-state index in [1.165, 1.54) is 0 Å². The molecule has 0 spiro atoms. The normalized spacial score (nSPS) is 12.0. The molecule has 2 heterocycles. The molecular formula is C19H20N2O3S. The fraction of sp³-hybridized carbons (Fsp3) is 0.263. The summed E-state index contributed by atoms with van der Waals surface area (Å²) in [5.41, 5.74) is 1.43. The summed E-state index contributed by atoms with van der Waals surface area (Å²) < 4.78 is 11.3. The topological polar surface area (TPSA) is 64.4 Å². The predicted octanol–water partition coefficient (Wildman–Crippen LogP) is 4.42. The van der Waals surface area contributed by atoms with E-state index in [0.717, 1.165) is 22.2 Å². The van der Waals surface area contributed by atoms with Crippen LogP contribution in [-0.4, -0.2) is 10.9 Å². The fourth-order valence-electron chi connectivity index (χ4n) is 2.40. The van der Waals surface area contributed by atoms with Crippen molar-refractivity contribution in [2.45, 2.75) is 33.4 Å². The van der Waals surface area contributed by atoms with E-state index in [0.29, 0.717) is 17.9 Å². The Labute approximate surface area is 150 Å². The van der Waals surface area contributed by atoms with Crippen LogP contribution < -0.4 is 10.1 Å². The first-order chi connectivity index (χ1) is 12.0. The molecular weight excluding hydrogens is 336 g/mol. The summed E-state index contributed by atoms with van der Waals surface area (Å²) >= 11 is 1.59. The Bertz CT molecular complexity index is 869. The van der Waals surface area contributed by atoms with Crippen LogP contribution in [0.25, 0.3) is 0 Å². The zero-order valence-corrected chi connectivity index (χ0v) is 15.2. The van der Waals surface area contributed by atoms with Crippen molar-refractivity contribution in [2.75, 3.05) is 0 Å². The van der Waals surface area contributed by atoms with Gasteiger partial charge in [0.1, 0.15) is 23.9 Å². The fourth-order valence-corrected chi connectivity index (χ4v) is 2.99. The lowest BCUT2D eigenvalue weighted by Crippen LogP contribution is -2.26. The molecule has 1 atom stereocenters. The van der Waals surface area contributed by atoms with Gasteiger partial charge in [-0.1, -0.05) is 6.07 Å². The Morgan fingerprint density at radius 1 is 1.32 bits per heavy atom. The van der Waals surface area contributed by atoms with Crippen LogP contribution in [0.15, 0.2) is 46.2 Å². The van der Waals surface area contributed by atoms with Gasteiger partial charge in [0.05, 0.1) is 16.7 Å². The van der Waals surface area contributed by atoms with Gasteiger partial charge in [0.25, 0.3) is 5.91 Å². The van der Waals surface area contributed by atoms with Crippen LogP contribution in [-0.2, 0) is 6.61 Å². The van der Waals surface area contributed by atoms with Crippen molar-refractivity contribution in [2.24, 2.45) is 0 Å². The van der Waals surface area contributed by atoms with E-state index >= 15 is 0 Å². The van der Waals surface area contributed by atoms with Gasteiger partial charge in [-0.3, -0.25) is 4.79 Å². The summed E-state index contributed by atoms with van der Waals surface area (Å²) in [5.74, 6) is 2.03. The minimum Gasteiger partial charge on any atom is -0.487 e. The van der Waals surface area contributed by atoms with Crippen molar-refractivity contribution in [1.29, 1.82) is 0 Å². The number of carbonyl (C=O) groups excluding carboxylic acids is 1. The number of furan rings is 1. The lowest BCUT2D eigenvalue weighted by atomic mass is 10.1. The van der Waals surface area contributed by atoms with Gasteiger partial charge in [0, 0.05) is 10.9 Å².